The lowest BCUT2D eigenvalue weighted by molar-refractivity contribution is -0.118. The highest BCUT2D eigenvalue weighted by atomic mass is 16.2. The second-order valence-electron chi connectivity index (χ2n) is 4.73. The van der Waals surface area contributed by atoms with Crippen molar-refractivity contribution in [3.63, 3.8) is 0 Å². The third kappa shape index (κ3) is 3.00. The molecule has 2 aromatic rings. The number of amides is 1. The van der Waals surface area contributed by atoms with Crippen molar-refractivity contribution in [2.75, 3.05) is 5.32 Å². The first-order valence-electron chi connectivity index (χ1n) is 6.25. The molecular weight excluding hydrogens is 240 g/mol. The average Bonchev–Trinajstić information content (AvgIpc) is 2.92. The van der Waals surface area contributed by atoms with Gasteiger partial charge in [0.15, 0.2) is 0 Å². The Morgan fingerprint density at radius 1 is 1.32 bits per heavy atom. The minimum absolute atomic E-state index is 0.0943. The highest BCUT2D eigenvalue weighted by molar-refractivity contribution is 5.96. The van der Waals surface area contributed by atoms with E-state index in [1.807, 2.05) is 50.4 Å². The zero-order valence-electron chi connectivity index (χ0n) is 11.1. The van der Waals surface area contributed by atoms with Crippen molar-refractivity contribution >= 4 is 11.6 Å². The van der Waals surface area contributed by atoms with Crippen molar-refractivity contribution in [2.24, 2.45) is 11.7 Å². The number of carbonyl (C=O) groups excluding carboxylic acids is 1. The maximum absolute atomic E-state index is 12.0. The number of para-hydroxylation sites is 2. The van der Waals surface area contributed by atoms with Gasteiger partial charge in [0, 0.05) is 12.4 Å². The molecule has 1 atom stereocenters. The number of nitrogens with zero attached hydrogens (tertiary/aromatic N) is 2. The zero-order valence-corrected chi connectivity index (χ0v) is 11.1. The fourth-order valence-corrected chi connectivity index (χ4v) is 1.71. The van der Waals surface area contributed by atoms with E-state index >= 15 is 0 Å². The molecule has 1 heterocycles. The van der Waals surface area contributed by atoms with Crippen LogP contribution in [0.15, 0.2) is 42.7 Å². The van der Waals surface area contributed by atoms with Crippen molar-refractivity contribution in [2.45, 2.75) is 19.9 Å². The summed E-state index contributed by atoms with van der Waals surface area (Å²) in [6.45, 7) is 3.84. The molecular formula is C14H18N4O. The summed E-state index contributed by atoms with van der Waals surface area (Å²) < 4.78 is 1.70. The highest BCUT2D eigenvalue weighted by Gasteiger charge is 2.18. The van der Waals surface area contributed by atoms with Gasteiger partial charge in [-0.1, -0.05) is 26.0 Å². The maximum atomic E-state index is 12.0. The summed E-state index contributed by atoms with van der Waals surface area (Å²) in [5, 5.41) is 7.02. The Kier molecular flexibility index (Phi) is 3.97. The Morgan fingerprint density at radius 3 is 2.68 bits per heavy atom. The molecule has 5 nitrogen and oxygen atoms in total. The lowest BCUT2D eigenvalue weighted by Gasteiger charge is -2.17. The van der Waals surface area contributed by atoms with Gasteiger partial charge in [-0.15, -0.1) is 0 Å². The molecule has 1 aromatic heterocycles. The number of nitrogens with one attached hydrogen (secondary N) is 1. The van der Waals surface area contributed by atoms with Crippen LogP contribution in [0.3, 0.4) is 0 Å². The van der Waals surface area contributed by atoms with Crippen LogP contribution >= 0.6 is 0 Å². The number of rotatable bonds is 4. The predicted octanol–water partition coefficient (Wildman–Crippen LogP) is 1.79. The Bertz CT molecular complexity index is 548. The number of hydrogen-bond donors (Lipinski definition) is 2. The Hall–Kier alpha value is -2.14. The summed E-state index contributed by atoms with van der Waals surface area (Å²) in [7, 11) is 0. The van der Waals surface area contributed by atoms with Crippen LogP contribution in [0, 0.1) is 5.92 Å². The number of nitrogens with two attached hydrogens (primary N) is 1. The molecule has 0 bridgehead atoms. The average molecular weight is 258 g/mol. The van der Waals surface area contributed by atoms with Gasteiger partial charge in [0.05, 0.1) is 17.4 Å². The van der Waals surface area contributed by atoms with E-state index in [-0.39, 0.29) is 11.8 Å². The van der Waals surface area contributed by atoms with Crippen LogP contribution in [0.1, 0.15) is 13.8 Å². The van der Waals surface area contributed by atoms with E-state index in [1.54, 1.807) is 10.9 Å². The van der Waals surface area contributed by atoms with E-state index in [0.29, 0.717) is 5.69 Å². The van der Waals surface area contributed by atoms with Gasteiger partial charge >= 0.3 is 0 Å². The molecule has 0 aliphatic rings. The van der Waals surface area contributed by atoms with Crippen LogP contribution in [0.5, 0.6) is 0 Å². The third-order valence-corrected chi connectivity index (χ3v) is 2.93. The summed E-state index contributed by atoms with van der Waals surface area (Å²) in [5.74, 6) is -0.0912. The van der Waals surface area contributed by atoms with Gasteiger partial charge < -0.3 is 11.1 Å². The summed E-state index contributed by atoms with van der Waals surface area (Å²) >= 11 is 0. The van der Waals surface area contributed by atoms with Crippen molar-refractivity contribution in [3.8, 4) is 5.69 Å². The van der Waals surface area contributed by atoms with E-state index in [0.717, 1.165) is 5.69 Å². The number of carbonyl (C=O) groups is 1. The maximum Gasteiger partial charge on any atom is 0.241 e. The van der Waals surface area contributed by atoms with Crippen molar-refractivity contribution in [1.29, 1.82) is 0 Å². The molecule has 1 aromatic carbocycles. The van der Waals surface area contributed by atoms with Gasteiger partial charge in [0.2, 0.25) is 5.91 Å². The predicted molar refractivity (Wildman–Crippen MR) is 75.0 cm³/mol. The number of hydrogen-bond acceptors (Lipinski definition) is 3. The Morgan fingerprint density at radius 2 is 2.05 bits per heavy atom. The fraction of sp³-hybridized carbons (Fsp3) is 0.286. The molecule has 0 unspecified atom stereocenters. The zero-order chi connectivity index (χ0) is 13.8. The molecule has 1 amide bonds. The summed E-state index contributed by atoms with van der Waals surface area (Å²) in [6, 6.07) is 8.80. The van der Waals surface area contributed by atoms with E-state index in [2.05, 4.69) is 10.4 Å². The van der Waals surface area contributed by atoms with Gasteiger partial charge in [0.25, 0.3) is 0 Å². The largest absolute Gasteiger partial charge is 0.323 e. The third-order valence-electron chi connectivity index (χ3n) is 2.93. The monoisotopic (exact) mass is 258 g/mol. The SMILES string of the molecule is CC(C)[C@H](N)C(=O)Nc1ccccc1-n1cccn1. The van der Waals surface area contributed by atoms with E-state index in [9.17, 15) is 4.79 Å². The first-order valence-corrected chi connectivity index (χ1v) is 6.25. The van der Waals surface area contributed by atoms with Gasteiger partial charge in [-0.25, -0.2) is 4.68 Å². The second kappa shape index (κ2) is 5.67. The van der Waals surface area contributed by atoms with Gasteiger partial charge in [-0.2, -0.15) is 5.10 Å². The standard InChI is InChI=1S/C14H18N4O/c1-10(2)13(15)14(19)17-11-6-3-4-7-12(11)18-9-5-8-16-18/h3-10,13H,15H2,1-2H3,(H,17,19)/t13-/m0/s1. The lowest BCUT2D eigenvalue weighted by Crippen LogP contribution is -2.39. The van der Waals surface area contributed by atoms with E-state index < -0.39 is 6.04 Å². The van der Waals surface area contributed by atoms with Crippen LogP contribution in [-0.2, 0) is 4.79 Å². The van der Waals surface area contributed by atoms with Gasteiger partial charge in [-0.05, 0) is 24.1 Å². The second-order valence-corrected chi connectivity index (χ2v) is 4.73. The molecule has 100 valence electrons. The Labute approximate surface area is 112 Å². The van der Waals surface area contributed by atoms with Gasteiger partial charge in [-0.3, -0.25) is 4.79 Å². The van der Waals surface area contributed by atoms with Crippen LogP contribution in [0.25, 0.3) is 5.69 Å². The van der Waals surface area contributed by atoms with Crippen LogP contribution < -0.4 is 11.1 Å². The van der Waals surface area contributed by atoms with Crippen LogP contribution in [0.2, 0.25) is 0 Å². The molecule has 3 N–H and O–H groups in total. The summed E-state index contributed by atoms with van der Waals surface area (Å²) in [6.07, 6.45) is 3.52. The molecule has 2 rings (SSSR count). The highest BCUT2D eigenvalue weighted by Crippen LogP contribution is 2.19. The normalized spacial score (nSPS) is 12.4. The number of aromatic nitrogens is 2. The molecule has 0 saturated carbocycles. The molecule has 0 aliphatic heterocycles. The summed E-state index contributed by atoms with van der Waals surface area (Å²) in [4.78, 5) is 12.0. The first kappa shape index (κ1) is 13.3. The Balaban J connectivity index is 2.24. The molecule has 0 fully saturated rings. The quantitative estimate of drug-likeness (QED) is 0.878. The lowest BCUT2D eigenvalue weighted by atomic mass is 10.0. The number of benzene rings is 1. The molecule has 0 radical (unpaired) electrons. The smallest absolute Gasteiger partial charge is 0.241 e. The molecule has 0 saturated heterocycles. The minimum atomic E-state index is -0.523. The van der Waals surface area contributed by atoms with Gasteiger partial charge in [0.1, 0.15) is 0 Å². The molecule has 5 heteroatoms. The topological polar surface area (TPSA) is 72.9 Å². The van der Waals surface area contributed by atoms with Crippen molar-refractivity contribution < 1.29 is 4.79 Å². The van der Waals surface area contributed by atoms with E-state index in [1.165, 1.54) is 0 Å². The van der Waals surface area contributed by atoms with Crippen LogP contribution in [0.4, 0.5) is 5.69 Å². The molecule has 0 aliphatic carbocycles. The molecule has 0 spiro atoms. The molecule has 19 heavy (non-hydrogen) atoms. The number of anilines is 1. The fourth-order valence-electron chi connectivity index (χ4n) is 1.71. The van der Waals surface area contributed by atoms with Crippen LogP contribution in [-0.4, -0.2) is 21.7 Å². The first-order chi connectivity index (χ1) is 9.09. The minimum Gasteiger partial charge on any atom is -0.323 e. The van der Waals surface area contributed by atoms with Crippen molar-refractivity contribution in [3.05, 3.63) is 42.7 Å². The summed E-state index contributed by atoms with van der Waals surface area (Å²) in [5.41, 5.74) is 7.36. The van der Waals surface area contributed by atoms with E-state index in [4.69, 9.17) is 5.73 Å². The van der Waals surface area contributed by atoms with Crippen molar-refractivity contribution in [1.82, 2.24) is 9.78 Å².